The van der Waals surface area contributed by atoms with E-state index in [2.05, 4.69) is 30.7 Å². The summed E-state index contributed by atoms with van der Waals surface area (Å²) in [6.45, 7) is 0.382. The minimum Gasteiger partial charge on any atom is -0.405 e. The summed E-state index contributed by atoms with van der Waals surface area (Å²) in [6.07, 6.45) is -0.208. The molecule has 1 aromatic heterocycles. The first-order chi connectivity index (χ1) is 19.2. The number of rotatable bonds is 12. The van der Waals surface area contributed by atoms with Crippen LogP contribution >= 0.6 is 0 Å². The topological polar surface area (TPSA) is 134 Å². The number of nitrogens with zero attached hydrogens (tertiary/aromatic N) is 3. The molecular formula is C27H31F3N6O4. The number of hydrogen-bond donors (Lipinski definition) is 4. The molecule has 0 radical (unpaired) electrons. The zero-order valence-electron chi connectivity index (χ0n) is 21.6. The van der Waals surface area contributed by atoms with Gasteiger partial charge in [0, 0.05) is 24.7 Å². The molecule has 40 heavy (non-hydrogen) atoms. The third-order valence-corrected chi connectivity index (χ3v) is 6.83. The molecule has 0 unspecified atom stereocenters. The normalized spacial score (nSPS) is 18.1. The van der Waals surface area contributed by atoms with Crippen molar-refractivity contribution in [1.29, 1.82) is 0 Å². The first-order valence-electron chi connectivity index (χ1n) is 13.0. The summed E-state index contributed by atoms with van der Waals surface area (Å²) in [5, 5.41) is 30.8. The third kappa shape index (κ3) is 8.26. The number of nitrogens with one attached hydrogen (secondary N) is 3. The molecule has 0 bridgehead atoms. The van der Waals surface area contributed by atoms with E-state index in [-0.39, 0.29) is 59.9 Å². The smallest absolute Gasteiger partial charge is 0.405 e. The molecule has 0 aliphatic heterocycles. The Morgan fingerprint density at radius 2 is 1.75 bits per heavy atom. The highest BCUT2D eigenvalue weighted by Gasteiger charge is 2.32. The molecule has 13 heteroatoms. The number of hydrogen-bond acceptors (Lipinski definition) is 9. The molecule has 214 valence electrons. The van der Waals surface area contributed by atoms with Gasteiger partial charge in [0.25, 0.3) is 0 Å². The van der Waals surface area contributed by atoms with Crippen molar-refractivity contribution < 1.29 is 27.9 Å². The quantitative estimate of drug-likeness (QED) is 0.174. The summed E-state index contributed by atoms with van der Waals surface area (Å²) in [7, 11) is 0. The van der Waals surface area contributed by atoms with Crippen LogP contribution in [0.2, 0.25) is 0 Å². The number of aromatic nitrogens is 2. The van der Waals surface area contributed by atoms with Crippen LogP contribution in [-0.2, 0) is 6.54 Å². The second-order valence-electron chi connectivity index (χ2n) is 9.60. The average molecular weight is 561 g/mol. The molecule has 0 amide bonds. The minimum absolute atomic E-state index is 0.000182. The van der Waals surface area contributed by atoms with Crippen molar-refractivity contribution in [2.75, 3.05) is 23.8 Å². The first-order valence-corrected chi connectivity index (χ1v) is 13.0. The Balaban J connectivity index is 1.33. The van der Waals surface area contributed by atoms with Crippen LogP contribution in [0.15, 0.2) is 60.8 Å². The van der Waals surface area contributed by atoms with E-state index in [0.717, 1.165) is 37.4 Å². The molecule has 0 spiro atoms. The van der Waals surface area contributed by atoms with E-state index in [1.807, 2.05) is 30.3 Å². The highest BCUT2D eigenvalue weighted by molar-refractivity contribution is 5.57. The second kappa shape index (κ2) is 13.4. The summed E-state index contributed by atoms with van der Waals surface area (Å²) in [5.74, 6) is -0.0348. The zero-order valence-corrected chi connectivity index (χ0v) is 21.6. The molecule has 1 heterocycles. The highest BCUT2D eigenvalue weighted by Crippen LogP contribution is 2.30. The lowest BCUT2D eigenvalue weighted by Gasteiger charge is -2.32. The van der Waals surface area contributed by atoms with Gasteiger partial charge in [0.15, 0.2) is 0 Å². The fourth-order valence-corrected chi connectivity index (χ4v) is 4.77. The fourth-order valence-electron chi connectivity index (χ4n) is 4.77. The van der Waals surface area contributed by atoms with E-state index >= 15 is 0 Å². The Bertz CT molecular complexity index is 1260. The van der Waals surface area contributed by atoms with E-state index < -0.39 is 11.3 Å². The molecular weight excluding hydrogens is 529 g/mol. The Hall–Kier alpha value is -3.97. The van der Waals surface area contributed by atoms with Crippen LogP contribution in [-0.4, -0.2) is 45.6 Å². The maximum absolute atomic E-state index is 12.7. The van der Waals surface area contributed by atoms with Crippen molar-refractivity contribution in [3.8, 4) is 5.75 Å². The highest BCUT2D eigenvalue weighted by atomic mass is 19.4. The van der Waals surface area contributed by atoms with Gasteiger partial charge in [0.1, 0.15) is 11.9 Å². The van der Waals surface area contributed by atoms with Gasteiger partial charge in [-0.25, -0.2) is 4.98 Å². The van der Waals surface area contributed by atoms with Crippen molar-refractivity contribution in [2.45, 2.75) is 50.7 Å². The molecule has 1 atom stereocenters. The zero-order chi connectivity index (χ0) is 28.5. The van der Waals surface area contributed by atoms with Crippen LogP contribution in [0.5, 0.6) is 5.75 Å². The van der Waals surface area contributed by atoms with Crippen LogP contribution in [0.1, 0.15) is 42.9 Å². The number of ether oxygens (including phenoxy) is 1. The van der Waals surface area contributed by atoms with Gasteiger partial charge in [0.2, 0.25) is 11.8 Å². The van der Waals surface area contributed by atoms with Crippen LogP contribution in [0, 0.1) is 16.0 Å². The third-order valence-electron chi connectivity index (χ3n) is 6.83. The first kappa shape index (κ1) is 29.0. The van der Waals surface area contributed by atoms with Gasteiger partial charge >= 0.3 is 12.0 Å². The Morgan fingerprint density at radius 3 is 2.42 bits per heavy atom. The number of benzene rings is 2. The lowest BCUT2D eigenvalue weighted by atomic mass is 9.85. The molecule has 4 N–H and O–H groups in total. The van der Waals surface area contributed by atoms with Crippen LogP contribution in [0.4, 0.5) is 30.6 Å². The molecule has 1 fully saturated rings. The van der Waals surface area contributed by atoms with E-state index in [0.29, 0.717) is 6.54 Å². The van der Waals surface area contributed by atoms with Gasteiger partial charge in [-0.1, -0.05) is 48.5 Å². The molecule has 1 saturated carbocycles. The Labute approximate surface area is 229 Å². The standard InChI is InChI=1S/C27H31F3N6O4/c28-27(29,30)40-24-9-5-4-8-20(24)15-32-26-33-16-23(36(38)39)25(35-26)31-14-18-10-12-21(13-11-18)34-22(17-37)19-6-2-1-3-7-19/h1-9,16,18,21-22,34,37H,10-15,17H2,(H2,31,32,33,35)/t18-,21-,22-/m0/s1. The molecule has 2 aromatic carbocycles. The number of nitro groups is 1. The van der Waals surface area contributed by atoms with Gasteiger partial charge < -0.3 is 25.8 Å². The molecule has 4 rings (SSSR count). The summed E-state index contributed by atoms with van der Waals surface area (Å²) in [4.78, 5) is 19.1. The van der Waals surface area contributed by atoms with Gasteiger partial charge in [0.05, 0.1) is 17.6 Å². The number of halogens is 3. The summed E-state index contributed by atoms with van der Waals surface area (Å²) >= 11 is 0. The summed E-state index contributed by atoms with van der Waals surface area (Å²) in [6, 6.07) is 15.6. The van der Waals surface area contributed by atoms with E-state index in [1.54, 1.807) is 6.07 Å². The second-order valence-corrected chi connectivity index (χ2v) is 9.60. The summed E-state index contributed by atoms with van der Waals surface area (Å²) in [5.41, 5.74) is 0.957. The molecule has 0 saturated heterocycles. The Kier molecular flexibility index (Phi) is 9.72. The van der Waals surface area contributed by atoms with Crippen molar-refractivity contribution in [2.24, 2.45) is 5.92 Å². The number of alkyl halides is 3. The monoisotopic (exact) mass is 560 g/mol. The maximum atomic E-state index is 12.7. The lowest BCUT2D eigenvalue weighted by Crippen LogP contribution is -2.38. The van der Waals surface area contributed by atoms with Crippen LogP contribution in [0.3, 0.4) is 0 Å². The lowest BCUT2D eigenvalue weighted by molar-refractivity contribution is -0.384. The van der Waals surface area contributed by atoms with E-state index in [1.165, 1.54) is 18.2 Å². The predicted octanol–water partition coefficient (Wildman–Crippen LogP) is 5.19. The molecule has 1 aliphatic carbocycles. The van der Waals surface area contributed by atoms with Gasteiger partial charge in [-0.15, -0.1) is 13.2 Å². The minimum atomic E-state index is -4.84. The van der Waals surface area contributed by atoms with E-state index in [9.17, 15) is 28.4 Å². The van der Waals surface area contributed by atoms with Crippen LogP contribution < -0.4 is 20.7 Å². The van der Waals surface area contributed by atoms with Gasteiger partial charge in [-0.2, -0.15) is 4.98 Å². The SMILES string of the molecule is O=[N+]([O-])c1cnc(NCc2ccccc2OC(F)(F)F)nc1NC[C@H]1CC[C@H](N[C@@H](CO)c2ccccc2)CC1. The molecule has 1 aliphatic rings. The summed E-state index contributed by atoms with van der Waals surface area (Å²) < 4.78 is 42.2. The molecule has 10 nitrogen and oxygen atoms in total. The van der Waals surface area contributed by atoms with Crippen LogP contribution in [0.25, 0.3) is 0 Å². The van der Waals surface area contributed by atoms with Crippen molar-refractivity contribution in [1.82, 2.24) is 15.3 Å². The number of aliphatic hydroxyl groups is 1. The largest absolute Gasteiger partial charge is 0.573 e. The number of para-hydroxylation sites is 1. The molecule has 3 aromatic rings. The predicted molar refractivity (Wildman–Crippen MR) is 143 cm³/mol. The number of aliphatic hydroxyl groups excluding tert-OH is 1. The van der Waals surface area contributed by atoms with Gasteiger partial charge in [-0.3, -0.25) is 10.1 Å². The van der Waals surface area contributed by atoms with Crippen molar-refractivity contribution >= 4 is 17.5 Å². The van der Waals surface area contributed by atoms with E-state index in [4.69, 9.17) is 0 Å². The maximum Gasteiger partial charge on any atom is 0.573 e. The Morgan fingerprint density at radius 1 is 1.05 bits per heavy atom. The van der Waals surface area contributed by atoms with Crippen molar-refractivity contribution in [3.05, 3.63) is 82.0 Å². The van der Waals surface area contributed by atoms with Crippen molar-refractivity contribution in [3.63, 3.8) is 0 Å². The fraction of sp³-hybridized carbons (Fsp3) is 0.407. The van der Waals surface area contributed by atoms with Gasteiger partial charge in [-0.05, 0) is 43.2 Å². The average Bonchev–Trinajstić information content (AvgIpc) is 2.94. The number of anilines is 2.